The highest BCUT2D eigenvalue weighted by molar-refractivity contribution is 6.22. The van der Waals surface area contributed by atoms with Gasteiger partial charge in [-0.05, 0) is 31.1 Å². The Bertz CT molecular complexity index is 970. The maximum atomic E-state index is 11.9. The second-order valence-electron chi connectivity index (χ2n) is 5.98. The molecule has 1 aliphatic carbocycles. The van der Waals surface area contributed by atoms with E-state index in [1.807, 2.05) is 19.1 Å². The number of rotatable bonds is 7. The highest BCUT2D eigenvalue weighted by Crippen LogP contribution is 2.19. The minimum Gasteiger partial charge on any atom is -0.462 e. The average Bonchev–Trinajstić information content (AvgIpc) is 3.09. The van der Waals surface area contributed by atoms with Gasteiger partial charge >= 0.3 is 5.97 Å². The van der Waals surface area contributed by atoms with E-state index in [2.05, 4.69) is 16.7 Å². The molecule has 8 nitrogen and oxygen atoms in total. The van der Waals surface area contributed by atoms with Gasteiger partial charge in [-0.1, -0.05) is 18.7 Å². The lowest BCUT2D eigenvalue weighted by Gasteiger charge is -2.14. The molecule has 1 aromatic rings. The van der Waals surface area contributed by atoms with Gasteiger partial charge in [-0.3, -0.25) is 14.5 Å². The standard InChI is InChI=1S/C20H21N5O3/c1-4-13(3)10-23-17-7-6-14(8-15(17)19(22)26)11-25-12-16(18(9-21)24-25)20(27)28-5-2/h4,6,8,10,12H,1,5,7,11H2,2-3H3,(H2,22,26)/b13-10-,23-17+. The van der Waals surface area contributed by atoms with Crippen LogP contribution in [0.1, 0.15) is 36.3 Å². The van der Waals surface area contributed by atoms with E-state index in [0.29, 0.717) is 17.7 Å². The molecule has 0 atom stereocenters. The minimum absolute atomic E-state index is 0.0127. The summed E-state index contributed by atoms with van der Waals surface area (Å²) in [6, 6.07) is 1.88. The van der Waals surface area contributed by atoms with E-state index >= 15 is 0 Å². The third-order valence-corrected chi connectivity index (χ3v) is 3.92. The summed E-state index contributed by atoms with van der Waals surface area (Å²) in [5.74, 6) is -1.19. The van der Waals surface area contributed by atoms with Gasteiger partial charge in [0.15, 0.2) is 5.69 Å². The lowest BCUT2D eigenvalue weighted by atomic mass is 9.96. The lowest BCUT2D eigenvalue weighted by molar-refractivity contribution is -0.114. The van der Waals surface area contributed by atoms with Crippen LogP contribution in [0.4, 0.5) is 0 Å². The molecule has 0 unspecified atom stereocenters. The number of esters is 1. The predicted octanol–water partition coefficient (Wildman–Crippen LogP) is 2.20. The first-order chi connectivity index (χ1) is 13.4. The molecule has 0 spiro atoms. The van der Waals surface area contributed by atoms with Crippen LogP contribution in [0.3, 0.4) is 0 Å². The fourth-order valence-electron chi connectivity index (χ4n) is 2.47. The molecule has 2 rings (SSSR count). The number of nitrogens with two attached hydrogens (primary N) is 1. The SMILES string of the molecule is C=C/C(C)=C\N=C1/CC=C(Cn2cc(C(=O)OCC)c(C#N)n2)C=C1C(N)=O. The summed E-state index contributed by atoms with van der Waals surface area (Å²) < 4.78 is 6.39. The number of aromatic nitrogens is 2. The van der Waals surface area contributed by atoms with Crippen LogP contribution >= 0.6 is 0 Å². The van der Waals surface area contributed by atoms with Crippen molar-refractivity contribution in [2.45, 2.75) is 26.8 Å². The maximum Gasteiger partial charge on any atom is 0.342 e. The van der Waals surface area contributed by atoms with E-state index in [0.717, 1.165) is 11.1 Å². The zero-order chi connectivity index (χ0) is 20.7. The first-order valence-corrected chi connectivity index (χ1v) is 8.61. The lowest BCUT2D eigenvalue weighted by Crippen LogP contribution is -2.23. The highest BCUT2D eigenvalue weighted by atomic mass is 16.5. The van der Waals surface area contributed by atoms with Crippen molar-refractivity contribution in [2.24, 2.45) is 10.7 Å². The van der Waals surface area contributed by atoms with Crippen LogP contribution < -0.4 is 5.73 Å². The van der Waals surface area contributed by atoms with Crippen LogP contribution in [0.25, 0.3) is 0 Å². The smallest absolute Gasteiger partial charge is 0.342 e. The number of primary amides is 1. The molecule has 1 aliphatic rings. The molecule has 0 bridgehead atoms. The highest BCUT2D eigenvalue weighted by Gasteiger charge is 2.20. The normalized spacial score (nSPS) is 15.5. The van der Waals surface area contributed by atoms with Crippen molar-refractivity contribution in [3.8, 4) is 6.07 Å². The number of ether oxygens (including phenoxy) is 1. The molecule has 2 N–H and O–H groups in total. The molecule has 28 heavy (non-hydrogen) atoms. The Kier molecular flexibility index (Phi) is 6.82. The van der Waals surface area contributed by atoms with Crippen molar-refractivity contribution < 1.29 is 14.3 Å². The Labute approximate surface area is 163 Å². The van der Waals surface area contributed by atoms with Gasteiger partial charge in [0, 0.05) is 18.8 Å². The van der Waals surface area contributed by atoms with Gasteiger partial charge in [-0.25, -0.2) is 4.79 Å². The Balaban J connectivity index is 2.27. The molecule has 0 fully saturated rings. The van der Waals surface area contributed by atoms with Gasteiger partial charge in [0.2, 0.25) is 0 Å². The number of hydrogen-bond acceptors (Lipinski definition) is 6. The second-order valence-corrected chi connectivity index (χ2v) is 5.98. The van der Waals surface area contributed by atoms with Crippen molar-refractivity contribution in [1.29, 1.82) is 5.26 Å². The van der Waals surface area contributed by atoms with Crippen LogP contribution in [0.5, 0.6) is 0 Å². The van der Waals surface area contributed by atoms with E-state index < -0.39 is 11.9 Å². The molecule has 0 aromatic carbocycles. The van der Waals surface area contributed by atoms with Gasteiger partial charge in [0.1, 0.15) is 11.6 Å². The molecule has 0 saturated heterocycles. The van der Waals surface area contributed by atoms with Gasteiger partial charge in [0.25, 0.3) is 5.91 Å². The number of amides is 1. The topological polar surface area (TPSA) is 123 Å². The minimum atomic E-state index is -0.602. The van der Waals surface area contributed by atoms with Crippen LogP contribution in [-0.4, -0.2) is 34.0 Å². The van der Waals surface area contributed by atoms with Crippen molar-refractivity contribution in [3.05, 3.63) is 65.2 Å². The van der Waals surface area contributed by atoms with Crippen LogP contribution in [0, 0.1) is 11.3 Å². The van der Waals surface area contributed by atoms with Crippen molar-refractivity contribution in [2.75, 3.05) is 6.61 Å². The zero-order valence-electron chi connectivity index (χ0n) is 15.8. The number of nitrogens with zero attached hydrogens (tertiary/aromatic N) is 4. The van der Waals surface area contributed by atoms with Crippen molar-refractivity contribution >= 4 is 17.6 Å². The first kappa shape index (κ1) is 20.6. The molecule has 1 amide bonds. The van der Waals surface area contributed by atoms with E-state index in [4.69, 9.17) is 10.5 Å². The fraction of sp³-hybridized carbons (Fsp3) is 0.250. The quantitative estimate of drug-likeness (QED) is 0.574. The number of aliphatic imine (C=N–C) groups is 1. The number of allylic oxidation sites excluding steroid dienone is 5. The second kappa shape index (κ2) is 9.28. The summed E-state index contributed by atoms with van der Waals surface area (Å²) in [6.07, 6.45) is 8.68. The van der Waals surface area contributed by atoms with Gasteiger partial charge in [-0.15, -0.1) is 0 Å². The largest absolute Gasteiger partial charge is 0.462 e. The Morgan fingerprint density at radius 1 is 1.54 bits per heavy atom. The van der Waals surface area contributed by atoms with E-state index in [1.165, 1.54) is 10.9 Å². The number of hydrogen-bond donors (Lipinski definition) is 1. The molecule has 144 valence electrons. The third-order valence-electron chi connectivity index (χ3n) is 3.92. The van der Waals surface area contributed by atoms with Crippen molar-refractivity contribution in [3.63, 3.8) is 0 Å². The molecule has 0 radical (unpaired) electrons. The zero-order valence-corrected chi connectivity index (χ0v) is 15.8. The number of carbonyl (C=O) groups excluding carboxylic acids is 2. The van der Waals surface area contributed by atoms with E-state index in [9.17, 15) is 14.9 Å². The van der Waals surface area contributed by atoms with Gasteiger partial charge < -0.3 is 10.5 Å². The molecule has 0 saturated carbocycles. The summed E-state index contributed by atoms with van der Waals surface area (Å²) in [7, 11) is 0. The first-order valence-electron chi connectivity index (χ1n) is 8.61. The average molecular weight is 379 g/mol. The maximum absolute atomic E-state index is 11.9. The summed E-state index contributed by atoms with van der Waals surface area (Å²) in [5.41, 5.74) is 8.07. The Hall–Kier alpha value is -3.73. The third kappa shape index (κ3) is 4.92. The molecule has 1 heterocycles. The van der Waals surface area contributed by atoms with Crippen LogP contribution in [0.15, 0.2) is 58.9 Å². The molecular weight excluding hydrogens is 358 g/mol. The predicted molar refractivity (Wildman–Crippen MR) is 104 cm³/mol. The molecule has 0 aliphatic heterocycles. The van der Waals surface area contributed by atoms with Gasteiger partial charge in [-0.2, -0.15) is 10.4 Å². The number of carbonyl (C=O) groups is 2. The van der Waals surface area contributed by atoms with E-state index in [-0.39, 0.29) is 24.4 Å². The van der Waals surface area contributed by atoms with Crippen molar-refractivity contribution in [1.82, 2.24) is 9.78 Å². The molecular formula is C20H21N5O3. The molecule has 1 aromatic heterocycles. The summed E-state index contributed by atoms with van der Waals surface area (Å²) in [4.78, 5) is 28.1. The van der Waals surface area contributed by atoms with E-state index in [1.54, 1.807) is 25.3 Å². The summed E-state index contributed by atoms with van der Waals surface area (Å²) in [6.45, 7) is 7.65. The van der Waals surface area contributed by atoms with Crippen LogP contribution in [-0.2, 0) is 16.1 Å². The van der Waals surface area contributed by atoms with Crippen LogP contribution in [0.2, 0.25) is 0 Å². The monoisotopic (exact) mass is 379 g/mol. The molecule has 8 heteroatoms. The summed E-state index contributed by atoms with van der Waals surface area (Å²) >= 11 is 0. The fourth-order valence-corrected chi connectivity index (χ4v) is 2.47. The number of nitriles is 1. The summed E-state index contributed by atoms with van der Waals surface area (Å²) in [5, 5.41) is 13.3. The Morgan fingerprint density at radius 3 is 2.89 bits per heavy atom. The van der Waals surface area contributed by atoms with Gasteiger partial charge in [0.05, 0.1) is 24.4 Å². The Morgan fingerprint density at radius 2 is 2.29 bits per heavy atom.